The molecule has 0 aliphatic heterocycles. The molecule has 1 rings (SSSR count). The predicted octanol–water partition coefficient (Wildman–Crippen LogP) is -0.713. The largest absolute Gasteiger partial charge is 0.476 e. The maximum Gasteiger partial charge on any atom is 0.356 e. The number of carboxylic acids is 1. The van der Waals surface area contributed by atoms with E-state index in [0.29, 0.717) is 0 Å². The Labute approximate surface area is 91.1 Å². The van der Waals surface area contributed by atoms with Gasteiger partial charge in [-0.2, -0.15) is 5.10 Å². The molecule has 1 amide bonds. The lowest BCUT2D eigenvalue weighted by molar-refractivity contribution is -0.128. The molecule has 0 aliphatic carbocycles. The summed E-state index contributed by atoms with van der Waals surface area (Å²) in [6, 6.07) is 1.29. The number of amides is 1. The molecule has 1 aromatic rings. The number of hydrogen-bond donors (Lipinski definition) is 2. The van der Waals surface area contributed by atoms with E-state index in [9.17, 15) is 14.4 Å². The Morgan fingerprint density at radius 2 is 2.19 bits per heavy atom. The maximum atomic E-state index is 11.3. The molecule has 7 nitrogen and oxygen atoms in total. The summed E-state index contributed by atoms with van der Waals surface area (Å²) in [5.74, 6) is -1.87. The van der Waals surface area contributed by atoms with Gasteiger partial charge in [-0.3, -0.25) is 14.3 Å². The van der Waals surface area contributed by atoms with Crippen LogP contribution in [0.2, 0.25) is 0 Å². The molecule has 0 atom stereocenters. The minimum absolute atomic E-state index is 0.110. The van der Waals surface area contributed by atoms with Crippen molar-refractivity contribution in [3.63, 3.8) is 0 Å². The summed E-state index contributed by atoms with van der Waals surface area (Å²) >= 11 is 0. The summed E-state index contributed by atoms with van der Waals surface area (Å²) in [6.45, 7) is -0.110. The predicted molar refractivity (Wildman–Crippen MR) is 52.9 cm³/mol. The van der Waals surface area contributed by atoms with Crippen molar-refractivity contribution in [3.8, 4) is 0 Å². The van der Waals surface area contributed by atoms with E-state index in [1.807, 2.05) is 0 Å². The van der Waals surface area contributed by atoms with Crippen LogP contribution in [0.4, 0.5) is 0 Å². The van der Waals surface area contributed by atoms with Crippen LogP contribution >= 0.6 is 0 Å². The van der Waals surface area contributed by atoms with Crippen molar-refractivity contribution in [2.75, 3.05) is 7.05 Å². The summed E-state index contributed by atoms with van der Waals surface area (Å²) in [5, 5.41) is 14.6. The molecule has 0 spiro atoms. The van der Waals surface area contributed by atoms with Gasteiger partial charge in [0.25, 0.3) is 0 Å². The third-order valence-corrected chi connectivity index (χ3v) is 1.83. The van der Waals surface area contributed by atoms with Crippen LogP contribution in [-0.4, -0.2) is 39.6 Å². The highest BCUT2D eigenvalue weighted by molar-refractivity contribution is 5.97. The second-order valence-electron chi connectivity index (χ2n) is 3.09. The number of rotatable bonds is 5. The van der Waals surface area contributed by atoms with Crippen LogP contribution in [0.3, 0.4) is 0 Å². The summed E-state index contributed by atoms with van der Waals surface area (Å²) < 4.78 is 1.19. The fraction of sp³-hybridized carbons (Fsp3) is 0.333. The molecule has 0 bridgehead atoms. The van der Waals surface area contributed by atoms with Gasteiger partial charge >= 0.3 is 5.97 Å². The van der Waals surface area contributed by atoms with Gasteiger partial charge in [0.15, 0.2) is 11.5 Å². The summed E-state index contributed by atoms with van der Waals surface area (Å²) in [4.78, 5) is 32.7. The van der Waals surface area contributed by atoms with Gasteiger partial charge in [-0.1, -0.05) is 0 Å². The number of carboxylic acid groups (broad SMARTS) is 1. The fourth-order valence-corrected chi connectivity index (χ4v) is 1.07. The molecule has 0 fully saturated rings. The molecule has 0 saturated carbocycles. The fourth-order valence-electron chi connectivity index (χ4n) is 1.07. The van der Waals surface area contributed by atoms with Gasteiger partial charge in [0.2, 0.25) is 5.91 Å². The summed E-state index contributed by atoms with van der Waals surface area (Å²) in [7, 11) is 1.44. The summed E-state index contributed by atoms with van der Waals surface area (Å²) in [6.07, 6.45) is 1.14. The minimum Gasteiger partial charge on any atom is -0.476 e. The number of nitrogens with zero attached hydrogens (tertiary/aromatic N) is 2. The Morgan fingerprint density at radius 1 is 1.50 bits per heavy atom. The lowest BCUT2D eigenvalue weighted by Gasteiger charge is -2.00. The van der Waals surface area contributed by atoms with Gasteiger partial charge in [-0.05, 0) is 6.07 Å². The molecule has 0 aliphatic rings. The smallest absolute Gasteiger partial charge is 0.356 e. The molecule has 1 heterocycles. The van der Waals surface area contributed by atoms with Crippen molar-refractivity contribution in [2.24, 2.45) is 0 Å². The van der Waals surface area contributed by atoms with Crippen molar-refractivity contribution in [1.29, 1.82) is 0 Å². The molecule has 1 aromatic heterocycles. The lowest BCUT2D eigenvalue weighted by atomic mass is 10.3. The number of ketones is 1. The monoisotopic (exact) mass is 225 g/mol. The summed E-state index contributed by atoms with van der Waals surface area (Å²) in [5.41, 5.74) is -0.132. The molecule has 0 unspecified atom stereocenters. The molecular formula is C9H11N3O4. The van der Waals surface area contributed by atoms with Crippen molar-refractivity contribution in [2.45, 2.75) is 13.0 Å². The number of aromatic carboxylic acids is 1. The zero-order chi connectivity index (χ0) is 12.1. The van der Waals surface area contributed by atoms with Crippen LogP contribution in [0.15, 0.2) is 12.3 Å². The zero-order valence-corrected chi connectivity index (χ0v) is 8.64. The maximum absolute atomic E-state index is 11.3. The lowest BCUT2D eigenvalue weighted by Crippen LogP contribution is -2.23. The molecule has 7 heteroatoms. The van der Waals surface area contributed by atoms with Crippen LogP contribution in [0, 0.1) is 0 Å². The Balaban J connectivity index is 2.56. The van der Waals surface area contributed by atoms with E-state index >= 15 is 0 Å². The van der Waals surface area contributed by atoms with Gasteiger partial charge in [-0.15, -0.1) is 0 Å². The highest BCUT2D eigenvalue weighted by Crippen LogP contribution is 1.96. The first-order chi connectivity index (χ1) is 7.52. The number of aromatic nitrogens is 2. The number of nitrogens with one attached hydrogen (secondary N) is 1. The second-order valence-corrected chi connectivity index (χ2v) is 3.09. The van der Waals surface area contributed by atoms with E-state index in [1.165, 1.54) is 24.0 Å². The van der Waals surface area contributed by atoms with Crippen molar-refractivity contribution < 1.29 is 19.5 Å². The normalized spacial score (nSPS) is 9.81. The first-order valence-corrected chi connectivity index (χ1v) is 4.52. The Kier molecular flexibility index (Phi) is 3.76. The molecular weight excluding hydrogens is 214 g/mol. The van der Waals surface area contributed by atoms with E-state index in [4.69, 9.17) is 5.11 Å². The standard InChI is InChI=1S/C9H11N3O4/c1-10-8(14)4-6(13)5-12-3-2-7(11-12)9(15)16/h2-3H,4-5H2,1H3,(H,10,14)(H,15,16). The SMILES string of the molecule is CNC(=O)CC(=O)Cn1ccc(C(=O)O)n1. The van der Waals surface area contributed by atoms with Crippen LogP contribution in [0.1, 0.15) is 16.9 Å². The topological polar surface area (TPSA) is 101 Å². The van der Waals surface area contributed by atoms with Gasteiger partial charge in [0, 0.05) is 13.2 Å². The number of Topliss-reactive ketones (excluding diaryl/α,β-unsaturated/α-hetero) is 1. The Hall–Kier alpha value is -2.18. The second kappa shape index (κ2) is 5.06. The first-order valence-electron chi connectivity index (χ1n) is 4.52. The Morgan fingerprint density at radius 3 is 2.69 bits per heavy atom. The first kappa shape index (κ1) is 11.9. The van der Waals surface area contributed by atoms with Crippen molar-refractivity contribution >= 4 is 17.7 Å². The molecule has 0 radical (unpaired) electrons. The van der Waals surface area contributed by atoms with Gasteiger partial charge in [-0.25, -0.2) is 4.79 Å². The van der Waals surface area contributed by atoms with Crippen LogP contribution < -0.4 is 5.32 Å². The highest BCUT2D eigenvalue weighted by Gasteiger charge is 2.11. The molecule has 0 saturated heterocycles. The van der Waals surface area contributed by atoms with E-state index < -0.39 is 5.97 Å². The average molecular weight is 225 g/mol. The number of carbonyl (C=O) groups excluding carboxylic acids is 2. The van der Waals surface area contributed by atoms with Crippen molar-refractivity contribution in [1.82, 2.24) is 15.1 Å². The van der Waals surface area contributed by atoms with Crippen LogP contribution in [-0.2, 0) is 16.1 Å². The number of hydrogen-bond acceptors (Lipinski definition) is 4. The van der Waals surface area contributed by atoms with Gasteiger partial charge in [0.1, 0.15) is 6.54 Å². The quantitative estimate of drug-likeness (QED) is 0.644. The van der Waals surface area contributed by atoms with E-state index in [1.54, 1.807) is 0 Å². The minimum atomic E-state index is -1.16. The molecule has 2 N–H and O–H groups in total. The number of carbonyl (C=O) groups is 3. The highest BCUT2D eigenvalue weighted by atomic mass is 16.4. The zero-order valence-electron chi connectivity index (χ0n) is 8.64. The Bertz CT molecular complexity index is 424. The molecule has 0 aromatic carbocycles. The van der Waals surface area contributed by atoms with E-state index in [0.717, 1.165) is 0 Å². The van der Waals surface area contributed by atoms with E-state index in [-0.39, 0.29) is 30.3 Å². The van der Waals surface area contributed by atoms with E-state index in [2.05, 4.69) is 10.4 Å². The van der Waals surface area contributed by atoms with Gasteiger partial charge in [0.05, 0.1) is 6.42 Å². The molecule has 16 heavy (non-hydrogen) atoms. The average Bonchev–Trinajstić information content (AvgIpc) is 2.65. The third-order valence-electron chi connectivity index (χ3n) is 1.83. The van der Waals surface area contributed by atoms with Gasteiger partial charge < -0.3 is 10.4 Å². The van der Waals surface area contributed by atoms with Crippen LogP contribution in [0.25, 0.3) is 0 Å². The van der Waals surface area contributed by atoms with Crippen molar-refractivity contribution in [3.05, 3.63) is 18.0 Å². The van der Waals surface area contributed by atoms with Crippen LogP contribution in [0.5, 0.6) is 0 Å². The third kappa shape index (κ3) is 3.19. The molecule has 86 valence electrons.